The third-order valence-electron chi connectivity index (χ3n) is 2.68. The van der Waals surface area contributed by atoms with Crippen LogP contribution in [0.5, 0.6) is 5.75 Å². The molecule has 1 atom stereocenters. The lowest BCUT2D eigenvalue weighted by Gasteiger charge is -2.12. The second-order valence-corrected chi connectivity index (χ2v) is 4.80. The highest BCUT2D eigenvalue weighted by Crippen LogP contribution is 2.10. The molecule has 4 nitrogen and oxygen atoms in total. The van der Waals surface area contributed by atoms with E-state index in [-0.39, 0.29) is 5.91 Å². The number of carbonyl (C=O) groups excluding carboxylic acids is 1. The van der Waals surface area contributed by atoms with E-state index in [1.54, 1.807) is 37.4 Å². The van der Waals surface area contributed by atoms with E-state index in [4.69, 9.17) is 16.3 Å². The Kier molecular flexibility index (Phi) is 5.35. The summed E-state index contributed by atoms with van der Waals surface area (Å²) in [7, 11) is 0. The van der Waals surface area contributed by atoms with E-state index in [1.165, 1.54) is 0 Å². The zero-order valence-electron chi connectivity index (χ0n) is 11.5. The van der Waals surface area contributed by atoms with Crippen LogP contribution in [0, 0.1) is 0 Å². The molecule has 0 saturated heterocycles. The average molecular weight is 303 g/mol. The number of hydrazone groups is 1. The molecule has 0 heterocycles. The summed E-state index contributed by atoms with van der Waals surface area (Å²) < 4.78 is 5.49. The molecule has 0 bridgehead atoms. The van der Waals surface area contributed by atoms with E-state index in [1.807, 2.05) is 30.3 Å². The van der Waals surface area contributed by atoms with Gasteiger partial charge in [-0.15, -0.1) is 0 Å². The number of hydrogen-bond acceptors (Lipinski definition) is 3. The topological polar surface area (TPSA) is 50.7 Å². The number of carbonyl (C=O) groups is 1. The van der Waals surface area contributed by atoms with Crippen molar-refractivity contribution in [3.8, 4) is 5.75 Å². The number of nitrogens with zero attached hydrogens (tertiary/aromatic N) is 1. The van der Waals surface area contributed by atoms with Crippen LogP contribution < -0.4 is 10.2 Å². The van der Waals surface area contributed by atoms with Crippen LogP contribution in [-0.4, -0.2) is 18.2 Å². The van der Waals surface area contributed by atoms with Gasteiger partial charge >= 0.3 is 0 Å². The van der Waals surface area contributed by atoms with Crippen LogP contribution in [0.15, 0.2) is 59.7 Å². The van der Waals surface area contributed by atoms with Gasteiger partial charge in [-0.05, 0) is 36.8 Å². The first-order valence-corrected chi connectivity index (χ1v) is 6.83. The minimum Gasteiger partial charge on any atom is -0.481 e. The first kappa shape index (κ1) is 15.1. The highest BCUT2D eigenvalue weighted by molar-refractivity contribution is 6.30. The Morgan fingerprint density at radius 1 is 1.19 bits per heavy atom. The monoisotopic (exact) mass is 302 g/mol. The molecule has 0 spiro atoms. The van der Waals surface area contributed by atoms with Crippen molar-refractivity contribution in [2.75, 3.05) is 0 Å². The molecule has 1 N–H and O–H groups in total. The molecule has 108 valence electrons. The maximum absolute atomic E-state index is 11.8. The highest BCUT2D eigenvalue weighted by atomic mass is 35.5. The van der Waals surface area contributed by atoms with Crippen LogP contribution in [0.3, 0.4) is 0 Å². The van der Waals surface area contributed by atoms with Gasteiger partial charge in [-0.2, -0.15) is 5.10 Å². The predicted molar refractivity (Wildman–Crippen MR) is 83.7 cm³/mol. The van der Waals surface area contributed by atoms with Crippen LogP contribution in [-0.2, 0) is 4.79 Å². The fourth-order valence-corrected chi connectivity index (χ4v) is 1.69. The average Bonchev–Trinajstić information content (AvgIpc) is 2.50. The molecule has 5 heteroatoms. The van der Waals surface area contributed by atoms with Crippen molar-refractivity contribution in [1.82, 2.24) is 5.43 Å². The van der Waals surface area contributed by atoms with E-state index in [0.29, 0.717) is 10.8 Å². The number of rotatable bonds is 5. The van der Waals surface area contributed by atoms with Crippen molar-refractivity contribution >= 4 is 23.7 Å². The molecule has 0 aromatic heterocycles. The predicted octanol–water partition coefficient (Wildman–Crippen LogP) is 3.26. The molecule has 0 fully saturated rings. The SMILES string of the molecule is C[C@H](Oc1ccccc1)C(=O)N/N=C/c1ccc(Cl)cc1. The molecule has 1 amide bonds. The zero-order valence-corrected chi connectivity index (χ0v) is 12.2. The minimum absolute atomic E-state index is 0.316. The molecular weight excluding hydrogens is 288 g/mol. The van der Waals surface area contributed by atoms with Crippen molar-refractivity contribution in [2.45, 2.75) is 13.0 Å². The molecule has 0 radical (unpaired) electrons. The number of amides is 1. The lowest BCUT2D eigenvalue weighted by Crippen LogP contribution is -2.33. The van der Waals surface area contributed by atoms with Gasteiger partial charge in [0, 0.05) is 5.02 Å². The standard InChI is InChI=1S/C16H15ClN2O2/c1-12(21-15-5-3-2-4-6-15)16(20)19-18-11-13-7-9-14(17)10-8-13/h2-12H,1H3,(H,19,20)/b18-11+/t12-/m0/s1. The number of nitrogens with one attached hydrogen (secondary N) is 1. The van der Waals surface area contributed by atoms with E-state index >= 15 is 0 Å². The smallest absolute Gasteiger partial charge is 0.280 e. The lowest BCUT2D eigenvalue weighted by molar-refractivity contribution is -0.127. The summed E-state index contributed by atoms with van der Waals surface area (Å²) in [5.74, 6) is 0.325. The third-order valence-corrected chi connectivity index (χ3v) is 2.94. The molecule has 21 heavy (non-hydrogen) atoms. The lowest BCUT2D eigenvalue weighted by atomic mass is 10.2. The number of ether oxygens (including phenoxy) is 1. The highest BCUT2D eigenvalue weighted by Gasteiger charge is 2.13. The maximum atomic E-state index is 11.8. The van der Waals surface area contributed by atoms with Crippen LogP contribution in [0.4, 0.5) is 0 Å². The maximum Gasteiger partial charge on any atom is 0.280 e. The van der Waals surface area contributed by atoms with E-state index in [0.717, 1.165) is 5.56 Å². The molecule has 0 aliphatic heterocycles. The van der Waals surface area contributed by atoms with Gasteiger partial charge in [0.1, 0.15) is 5.75 Å². The van der Waals surface area contributed by atoms with Gasteiger partial charge in [0.05, 0.1) is 6.21 Å². The Bertz CT molecular complexity index is 612. The van der Waals surface area contributed by atoms with Crippen molar-refractivity contribution in [1.29, 1.82) is 0 Å². The van der Waals surface area contributed by atoms with Crippen LogP contribution in [0.2, 0.25) is 5.02 Å². The normalized spacial score (nSPS) is 12.1. The van der Waals surface area contributed by atoms with Crippen molar-refractivity contribution in [3.63, 3.8) is 0 Å². The molecule has 0 unspecified atom stereocenters. The van der Waals surface area contributed by atoms with Crippen LogP contribution >= 0.6 is 11.6 Å². The summed E-state index contributed by atoms with van der Waals surface area (Å²) in [6, 6.07) is 16.3. The Balaban J connectivity index is 1.85. The fraction of sp³-hybridized carbons (Fsp3) is 0.125. The fourth-order valence-electron chi connectivity index (χ4n) is 1.57. The number of para-hydroxylation sites is 1. The van der Waals surface area contributed by atoms with E-state index < -0.39 is 6.10 Å². The van der Waals surface area contributed by atoms with Gasteiger partial charge in [-0.25, -0.2) is 5.43 Å². The third kappa shape index (κ3) is 4.93. The Morgan fingerprint density at radius 2 is 1.86 bits per heavy atom. The first-order chi connectivity index (χ1) is 10.1. The molecule has 2 aromatic rings. The van der Waals surface area contributed by atoms with Gasteiger partial charge in [0.15, 0.2) is 6.10 Å². The van der Waals surface area contributed by atoms with E-state index in [9.17, 15) is 4.79 Å². The Morgan fingerprint density at radius 3 is 2.52 bits per heavy atom. The van der Waals surface area contributed by atoms with Crippen molar-refractivity contribution in [3.05, 3.63) is 65.2 Å². The Labute approximate surface area is 128 Å². The molecule has 2 aromatic carbocycles. The zero-order chi connectivity index (χ0) is 15.1. The van der Waals surface area contributed by atoms with Gasteiger partial charge in [-0.3, -0.25) is 4.79 Å². The largest absolute Gasteiger partial charge is 0.481 e. The minimum atomic E-state index is -0.630. The Hall–Kier alpha value is -2.33. The van der Waals surface area contributed by atoms with Gasteiger partial charge in [-0.1, -0.05) is 41.9 Å². The number of benzene rings is 2. The van der Waals surface area contributed by atoms with Gasteiger partial charge in [0.25, 0.3) is 5.91 Å². The summed E-state index contributed by atoms with van der Waals surface area (Å²) in [4.78, 5) is 11.8. The number of halogens is 1. The second-order valence-electron chi connectivity index (χ2n) is 4.36. The molecular formula is C16H15ClN2O2. The molecule has 0 aliphatic carbocycles. The summed E-state index contributed by atoms with van der Waals surface area (Å²) >= 11 is 5.78. The van der Waals surface area contributed by atoms with E-state index in [2.05, 4.69) is 10.5 Å². The summed E-state index contributed by atoms with van der Waals surface area (Å²) in [6.45, 7) is 1.67. The number of hydrogen-bond donors (Lipinski definition) is 1. The molecule has 0 aliphatic rings. The van der Waals surface area contributed by atoms with Gasteiger partial charge in [0.2, 0.25) is 0 Å². The molecule has 0 saturated carbocycles. The molecule has 2 rings (SSSR count). The quantitative estimate of drug-likeness (QED) is 0.681. The summed E-state index contributed by atoms with van der Waals surface area (Å²) in [5, 5.41) is 4.54. The van der Waals surface area contributed by atoms with Crippen LogP contribution in [0.25, 0.3) is 0 Å². The van der Waals surface area contributed by atoms with Crippen LogP contribution in [0.1, 0.15) is 12.5 Å². The summed E-state index contributed by atoms with van der Waals surface area (Å²) in [6.07, 6.45) is 0.915. The van der Waals surface area contributed by atoms with Crippen molar-refractivity contribution < 1.29 is 9.53 Å². The van der Waals surface area contributed by atoms with Crippen molar-refractivity contribution in [2.24, 2.45) is 5.10 Å². The first-order valence-electron chi connectivity index (χ1n) is 6.45. The van der Waals surface area contributed by atoms with Gasteiger partial charge < -0.3 is 4.74 Å². The second kappa shape index (κ2) is 7.45. The summed E-state index contributed by atoms with van der Waals surface area (Å²) in [5.41, 5.74) is 3.28.